The van der Waals surface area contributed by atoms with Gasteiger partial charge in [0.25, 0.3) is 10.2 Å². The minimum Gasteiger partial charge on any atom is -0.335 e. The molecule has 3 amide bonds. The van der Waals surface area contributed by atoms with E-state index in [9.17, 15) is 18.0 Å². The van der Waals surface area contributed by atoms with Crippen molar-refractivity contribution < 1.29 is 18.0 Å². The van der Waals surface area contributed by atoms with Crippen LogP contribution in [0.4, 0.5) is 4.79 Å². The van der Waals surface area contributed by atoms with E-state index in [4.69, 9.17) is 0 Å². The predicted octanol–water partition coefficient (Wildman–Crippen LogP) is 1.66. The summed E-state index contributed by atoms with van der Waals surface area (Å²) in [6, 6.07) is -0.687. The molecule has 0 aromatic rings. The summed E-state index contributed by atoms with van der Waals surface area (Å²) in [6.07, 6.45) is 10.5. The van der Waals surface area contributed by atoms with Crippen LogP contribution in [-0.4, -0.2) is 85.2 Å². The first-order valence-corrected chi connectivity index (χ1v) is 13.3. The highest BCUT2D eigenvalue weighted by atomic mass is 32.2. The largest absolute Gasteiger partial charge is 0.335 e. The molecule has 2 N–H and O–H groups in total. The van der Waals surface area contributed by atoms with Crippen LogP contribution < -0.4 is 10.6 Å². The Morgan fingerprint density at radius 3 is 2.03 bits per heavy atom. The standard InChI is InChI=1S/C21H39N5O4S/c1-17(20(27)23-21(28)22-18-9-5-3-6-10-18)25-13-15-26(16-14-25)31(29,30)24(2)19-11-7-4-8-12-19/h17-19H,3-16H2,1-2H3,(H2,22,23,27,28). The lowest BCUT2D eigenvalue weighted by atomic mass is 9.96. The Hall–Kier alpha value is -1.23. The minimum absolute atomic E-state index is 0.0872. The molecule has 0 aromatic carbocycles. The van der Waals surface area contributed by atoms with Crippen LogP contribution in [0.15, 0.2) is 0 Å². The Morgan fingerprint density at radius 2 is 1.45 bits per heavy atom. The van der Waals surface area contributed by atoms with Gasteiger partial charge in [0.2, 0.25) is 5.91 Å². The van der Waals surface area contributed by atoms with Gasteiger partial charge in [-0.1, -0.05) is 38.5 Å². The van der Waals surface area contributed by atoms with Crippen LogP contribution in [0.1, 0.15) is 71.1 Å². The summed E-state index contributed by atoms with van der Waals surface area (Å²) in [5, 5.41) is 5.35. The van der Waals surface area contributed by atoms with Crippen LogP contribution in [0.3, 0.4) is 0 Å². The van der Waals surface area contributed by atoms with Crippen molar-refractivity contribution in [2.45, 2.75) is 89.3 Å². The second-order valence-electron chi connectivity index (χ2n) is 9.22. The monoisotopic (exact) mass is 457 g/mol. The molecule has 1 aliphatic heterocycles. The molecule has 1 saturated heterocycles. The number of hydrogen-bond donors (Lipinski definition) is 2. The number of piperazine rings is 1. The fourth-order valence-corrected chi connectivity index (χ4v) is 6.56. The summed E-state index contributed by atoms with van der Waals surface area (Å²) in [7, 11) is -1.80. The average Bonchev–Trinajstić information content (AvgIpc) is 2.79. The fourth-order valence-electron chi connectivity index (χ4n) is 4.99. The molecule has 10 heteroatoms. The van der Waals surface area contributed by atoms with Crippen LogP contribution in [0.5, 0.6) is 0 Å². The van der Waals surface area contributed by atoms with E-state index in [1.54, 1.807) is 18.3 Å². The summed E-state index contributed by atoms with van der Waals surface area (Å²) in [6.45, 7) is 3.41. The van der Waals surface area contributed by atoms with Crippen LogP contribution in [-0.2, 0) is 15.0 Å². The van der Waals surface area contributed by atoms with E-state index in [2.05, 4.69) is 10.6 Å². The highest BCUT2D eigenvalue weighted by Crippen LogP contribution is 2.25. The maximum atomic E-state index is 13.0. The first-order chi connectivity index (χ1) is 14.8. The number of nitrogens with one attached hydrogen (secondary N) is 2. The van der Waals surface area contributed by atoms with Crippen molar-refractivity contribution in [3.05, 3.63) is 0 Å². The zero-order valence-corrected chi connectivity index (χ0v) is 19.8. The lowest BCUT2D eigenvalue weighted by molar-refractivity contribution is -0.125. The Bertz CT molecular complexity index is 711. The maximum Gasteiger partial charge on any atom is 0.321 e. The Morgan fingerprint density at radius 1 is 0.903 bits per heavy atom. The van der Waals surface area contributed by atoms with E-state index >= 15 is 0 Å². The zero-order valence-electron chi connectivity index (χ0n) is 19.0. The van der Waals surface area contributed by atoms with Gasteiger partial charge in [-0.05, 0) is 32.6 Å². The summed E-state index contributed by atoms with van der Waals surface area (Å²) < 4.78 is 29.1. The zero-order chi connectivity index (χ0) is 22.4. The summed E-state index contributed by atoms with van der Waals surface area (Å²) in [5.74, 6) is -0.344. The molecule has 0 radical (unpaired) electrons. The Balaban J connectivity index is 1.45. The van der Waals surface area contributed by atoms with Gasteiger partial charge in [-0.15, -0.1) is 0 Å². The van der Waals surface area contributed by atoms with Crippen molar-refractivity contribution in [3.8, 4) is 0 Å². The average molecular weight is 458 g/mol. The summed E-state index contributed by atoms with van der Waals surface area (Å²) >= 11 is 0. The van der Waals surface area contributed by atoms with Crippen molar-refractivity contribution in [1.29, 1.82) is 0 Å². The van der Waals surface area contributed by atoms with Gasteiger partial charge in [0.1, 0.15) is 0 Å². The van der Waals surface area contributed by atoms with Crippen LogP contribution in [0.2, 0.25) is 0 Å². The Labute approximate surface area is 187 Å². The SMILES string of the molecule is CC(C(=O)NC(=O)NC1CCCCC1)N1CCN(S(=O)(=O)N(C)C2CCCCC2)CC1. The number of urea groups is 1. The molecule has 1 heterocycles. The molecule has 178 valence electrons. The highest BCUT2D eigenvalue weighted by Gasteiger charge is 2.36. The van der Waals surface area contributed by atoms with E-state index < -0.39 is 22.3 Å². The third kappa shape index (κ3) is 6.40. The van der Waals surface area contributed by atoms with Crippen molar-refractivity contribution >= 4 is 22.1 Å². The van der Waals surface area contributed by atoms with Crippen molar-refractivity contribution in [3.63, 3.8) is 0 Å². The smallest absolute Gasteiger partial charge is 0.321 e. The lowest BCUT2D eigenvalue weighted by Crippen LogP contribution is -2.58. The van der Waals surface area contributed by atoms with Crippen molar-refractivity contribution in [2.75, 3.05) is 33.2 Å². The molecule has 0 aromatic heterocycles. The predicted molar refractivity (Wildman–Crippen MR) is 120 cm³/mol. The number of carbonyl (C=O) groups excluding carboxylic acids is 2. The molecule has 2 aliphatic carbocycles. The van der Waals surface area contributed by atoms with Crippen molar-refractivity contribution in [2.24, 2.45) is 0 Å². The van der Waals surface area contributed by atoms with Gasteiger partial charge in [0, 0.05) is 45.3 Å². The Kier molecular flexibility index (Phi) is 8.72. The summed E-state index contributed by atoms with van der Waals surface area (Å²) in [5.41, 5.74) is 0. The van der Waals surface area contributed by atoms with Gasteiger partial charge in [-0.2, -0.15) is 17.0 Å². The number of imide groups is 1. The van der Waals surface area contributed by atoms with Gasteiger partial charge >= 0.3 is 6.03 Å². The number of amides is 3. The number of rotatable bonds is 6. The van der Waals surface area contributed by atoms with Crippen LogP contribution in [0.25, 0.3) is 0 Å². The van der Waals surface area contributed by atoms with E-state index in [0.29, 0.717) is 26.2 Å². The third-order valence-corrected chi connectivity index (χ3v) is 9.20. The van der Waals surface area contributed by atoms with Gasteiger partial charge in [-0.3, -0.25) is 15.0 Å². The molecular formula is C21H39N5O4S. The van der Waals surface area contributed by atoms with Gasteiger partial charge in [0.05, 0.1) is 6.04 Å². The topological polar surface area (TPSA) is 102 Å². The molecule has 1 unspecified atom stereocenters. The van der Waals surface area contributed by atoms with E-state index in [1.807, 2.05) is 4.90 Å². The number of carbonyl (C=O) groups is 2. The van der Waals surface area contributed by atoms with Crippen LogP contribution in [0, 0.1) is 0 Å². The van der Waals surface area contributed by atoms with E-state index in [-0.39, 0.29) is 18.0 Å². The molecule has 3 rings (SSSR count). The molecule has 31 heavy (non-hydrogen) atoms. The van der Waals surface area contributed by atoms with Gasteiger partial charge < -0.3 is 5.32 Å². The molecular weight excluding hydrogens is 418 g/mol. The lowest BCUT2D eigenvalue weighted by Gasteiger charge is -2.40. The second kappa shape index (κ2) is 11.1. The molecule has 1 atom stereocenters. The third-order valence-electron chi connectivity index (χ3n) is 7.16. The van der Waals surface area contributed by atoms with Gasteiger partial charge in [0.15, 0.2) is 0 Å². The minimum atomic E-state index is -3.49. The molecule has 3 aliphatic rings. The molecule has 2 saturated carbocycles. The molecule has 9 nitrogen and oxygen atoms in total. The normalized spacial score (nSPS) is 24.1. The van der Waals surface area contributed by atoms with E-state index in [1.165, 1.54) is 17.1 Å². The number of nitrogens with zero attached hydrogens (tertiary/aromatic N) is 3. The molecule has 3 fully saturated rings. The quantitative estimate of drug-likeness (QED) is 0.632. The molecule has 0 spiro atoms. The fraction of sp³-hybridized carbons (Fsp3) is 0.905. The first-order valence-electron chi connectivity index (χ1n) is 11.9. The van der Waals surface area contributed by atoms with E-state index in [0.717, 1.165) is 51.4 Å². The van der Waals surface area contributed by atoms with Gasteiger partial charge in [-0.25, -0.2) is 4.79 Å². The van der Waals surface area contributed by atoms with Crippen LogP contribution >= 0.6 is 0 Å². The molecule has 0 bridgehead atoms. The second-order valence-corrected chi connectivity index (χ2v) is 11.2. The highest BCUT2D eigenvalue weighted by molar-refractivity contribution is 7.86. The maximum absolute atomic E-state index is 13.0. The first kappa shape index (κ1) is 24.4. The van der Waals surface area contributed by atoms with Crippen molar-refractivity contribution in [1.82, 2.24) is 24.1 Å². The summed E-state index contributed by atoms with van der Waals surface area (Å²) in [4.78, 5) is 26.6. The number of hydrogen-bond acceptors (Lipinski definition) is 5.